The normalized spacial score (nSPS) is 14.9. The van der Waals surface area contributed by atoms with E-state index in [-0.39, 0.29) is 0 Å². The molecule has 0 bridgehead atoms. The lowest BCUT2D eigenvalue weighted by Crippen LogP contribution is -1.95. The van der Waals surface area contributed by atoms with Gasteiger partial charge in [-0.25, -0.2) is 9.97 Å². The van der Waals surface area contributed by atoms with E-state index in [2.05, 4.69) is 25.9 Å². The zero-order chi connectivity index (χ0) is 11.8. The van der Waals surface area contributed by atoms with Crippen LogP contribution >= 0.6 is 27.5 Å². The van der Waals surface area contributed by atoms with Crippen molar-refractivity contribution >= 4 is 27.5 Å². The average Bonchev–Trinajstić information content (AvgIpc) is 3.12. The molecule has 0 spiro atoms. The summed E-state index contributed by atoms with van der Waals surface area (Å²) in [5, 5.41) is 0.722. The maximum absolute atomic E-state index is 6.18. The first kappa shape index (κ1) is 11.2. The molecule has 1 fully saturated rings. The lowest BCUT2D eigenvalue weighted by atomic mass is 10.1. The molecule has 1 aliphatic carbocycles. The third-order valence-corrected chi connectivity index (χ3v) is 3.54. The monoisotopic (exact) mass is 308 g/mol. The zero-order valence-corrected chi connectivity index (χ0v) is 11.4. The number of hydrogen-bond acceptors (Lipinski definition) is 2. The van der Waals surface area contributed by atoms with E-state index in [0.29, 0.717) is 5.92 Å². The summed E-state index contributed by atoms with van der Waals surface area (Å²) in [4.78, 5) is 9.01. The zero-order valence-electron chi connectivity index (χ0n) is 9.03. The molecule has 3 rings (SSSR count). The summed E-state index contributed by atoms with van der Waals surface area (Å²) >= 11 is 9.62. The van der Waals surface area contributed by atoms with Crippen LogP contribution in [0.2, 0.25) is 5.02 Å². The first-order valence-electron chi connectivity index (χ1n) is 5.53. The van der Waals surface area contributed by atoms with Crippen LogP contribution in [0.4, 0.5) is 0 Å². The van der Waals surface area contributed by atoms with E-state index in [9.17, 15) is 0 Å². The largest absolute Gasteiger partial charge is 0.232 e. The fourth-order valence-electron chi connectivity index (χ4n) is 1.77. The van der Waals surface area contributed by atoms with Gasteiger partial charge in [0.1, 0.15) is 10.4 Å². The molecule has 1 heterocycles. The van der Waals surface area contributed by atoms with Crippen LogP contribution in [0.5, 0.6) is 0 Å². The van der Waals surface area contributed by atoms with Gasteiger partial charge in [0.05, 0.1) is 5.69 Å². The molecule has 0 saturated heterocycles. The molecule has 0 aliphatic heterocycles. The molecule has 1 saturated carbocycles. The van der Waals surface area contributed by atoms with Crippen molar-refractivity contribution in [3.63, 3.8) is 0 Å². The van der Waals surface area contributed by atoms with Crippen LogP contribution in [0.15, 0.2) is 34.9 Å². The summed E-state index contributed by atoms with van der Waals surface area (Å²) in [5.41, 5.74) is 1.85. The van der Waals surface area contributed by atoms with Crippen LogP contribution in [-0.2, 0) is 0 Å². The van der Waals surface area contributed by atoms with Crippen molar-refractivity contribution < 1.29 is 0 Å². The predicted octanol–water partition coefficient (Wildman–Crippen LogP) is 4.44. The van der Waals surface area contributed by atoms with Gasteiger partial charge in [0, 0.05) is 16.5 Å². The molecule has 1 aromatic heterocycles. The lowest BCUT2D eigenvalue weighted by Gasteiger charge is -2.06. The Kier molecular flexibility index (Phi) is 2.89. The van der Waals surface area contributed by atoms with Crippen LogP contribution in [0.3, 0.4) is 0 Å². The molecule has 86 valence electrons. The van der Waals surface area contributed by atoms with Crippen LogP contribution in [0, 0.1) is 0 Å². The standard InChI is InChI=1S/C13H10BrClN2/c14-12-7-11(9-3-1-2-4-10(9)15)16-13(17-12)8-5-6-8/h1-4,7-8H,5-6H2. The van der Waals surface area contributed by atoms with E-state index in [0.717, 1.165) is 26.7 Å². The molecule has 2 aromatic rings. The molecule has 2 nitrogen and oxygen atoms in total. The van der Waals surface area contributed by atoms with E-state index in [1.807, 2.05) is 30.3 Å². The second kappa shape index (κ2) is 4.39. The minimum Gasteiger partial charge on any atom is -0.232 e. The van der Waals surface area contributed by atoms with Crippen molar-refractivity contribution in [2.75, 3.05) is 0 Å². The van der Waals surface area contributed by atoms with Gasteiger partial charge in [-0.3, -0.25) is 0 Å². The van der Waals surface area contributed by atoms with E-state index in [1.165, 1.54) is 12.8 Å². The maximum Gasteiger partial charge on any atom is 0.133 e. The minimum absolute atomic E-state index is 0.536. The van der Waals surface area contributed by atoms with E-state index >= 15 is 0 Å². The summed E-state index contributed by atoms with van der Waals surface area (Å²) in [6.07, 6.45) is 2.39. The topological polar surface area (TPSA) is 25.8 Å². The summed E-state index contributed by atoms with van der Waals surface area (Å²) in [5.74, 6) is 1.46. The fourth-order valence-corrected chi connectivity index (χ4v) is 2.40. The second-order valence-electron chi connectivity index (χ2n) is 4.19. The van der Waals surface area contributed by atoms with Crippen LogP contribution in [0.25, 0.3) is 11.3 Å². The Morgan fingerprint density at radius 1 is 1.18 bits per heavy atom. The van der Waals surface area contributed by atoms with E-state index in [1.54, 1.807) is 0 Å². The van der Waals surface area contributed by atoms with E-state index in [4.69, 9.17) is 11.6 Å². The molecule has 0 amide bonds. The SMILES string of the molecule is Clc1ccccc1-c1cc(Br)nc(C2CC2)n1. The van der Waals surface area contributed by atoms with Gasteiger partial charge in [0.2, 0.25) is 0 Å². The van der Waals surface area contributed by atoms with Gasteiger partial charge in [0.25, 0.3) is 0 Å². The highest BCUT2D eigenvalue weighted by molar-refractivity contribution is 9.10. The van der Waals surface area contributed by atoms with Crippen LogP contribution < -0.4 is 0 Å². The fraction of sp³-hybridized carbons (Fsp3) is 0.231. The summed E-state index contributed by atoms with van der Waals surface area (Å²) in [6.45, 7) is 0. The molecule has 4 heteroatoms. The second-order valence-corrected chi connectivity index (χ2v) is 5.41. The lowest BCUT2D eigenvalue weighted by molar-refractivity contribution is 0.919. The summed E-state index contributed by atoms with van der Waals surface area (Å²) < 4.78 is 0.823. The van der Waals surface area contributed by atoms with Gasteiger partial charge in [-0.05, 0) is 40.9 Å². The van der Waals surface area contributed by atoms with Gasteiger partial charge in [-0.2, -0.15) is 0 Å². The van der Waals surface area contributed by atoms with E-state index < -0.39 is 0 Å². The number of aromatic nitrogens is 2. The molecule has 1 aliphatic rings. The van der Waals surface area contributed by atoms with Crippen LogP contribution in [-0.4, -0.2) is 9.97 Å². The van der Waals surface area contributed by atoms with Gasteiger partial charge < -0.3 is 0 Å². The maximum atomic E-state index is 6.18. The summed E-state index contributed by atoms with van der Waals surface area (Å²) in [7, 11) is 0. The van der Waals surface area contributed by atoms with Gasteiger partial charge in [0.15, 0.2) is 0 Å². The first-order chi connectivity index (χ1) is 8.24. The molecule has 17 heavy (non-hydrogen) atoms. The Hall–Kier alpha value is -0.930. The molecule has 0 atom stereocenters. The van der Waals surface area contributed by atoms with Crippen molar-refractivity contribution in [3.8, 4) is 11.3 Å². The predicted molar refractivity (Wildman–Crippen MR) is 72.2 cm³/mol. The third kappa shape index (κ3) is 2.35. The van der Waals surface area contributed by atoms with Crippen molar-refractivity contribution in [1.82, 2.24) is 9.97 Å². The quantitative estimate of drug-likeness (QED) is 0.767. The molecule has 0 unspecified atom stereocenters. The highest BCUT2D eigenvalue weighted by atomic mass is 79.9. The average molecular weight is 310 g/mol. The first-order valence-corrected chi connectivity index (χ1v) is 6.70. The minimum atomic E-state index is 0.536. The van der Waals surface area contributed by atoms with Gasteiger partial charge in [-0.1, -0.05) is 29.8 Å². The molecule has 0 N–H and O–H groups in total. The number of halogens is 2. The number of rotatable bonds is 2. The molecule has 1 aromatic carbocycles. The van der Waals surface area contributed by atoms with Crippen LogP contribution in [0.1, 0.15) is 24.6 Å². The Bertz CT molecular complexity index is 567. The highest BCUT2D eigenvalue weighted by Gasteiger charge is 2.27. The third-order valence-electron chi connectivity index (χ3n) is 2.80. The summed E-state index contributed by atoms with van der Waals surface area (Å²) in [6, 6.07) is 9.66. The number of hydrogen-bond donors (Lipinski definition) is 0. The Morgan fingerprint density at radius 3 is 2.65 bits per heavy atom. The van der Waals surface area contributed by atoms with Crippen molar-refractivity contribution in [2.45, 2.75) is 18.8 Å². The van der Waals surface area contributed by atoms with Crippen molar-refractivity contribution in [1.29, 1.82) is 0 Å². The number of benzene rings is 1. The highest BCUT2D eigenvalue weighted by Crippen LogP contribution is 2.39. The Labute approximate surface area is 113 Å². The van der Waals surface area contributed by atoms with Gasteiger partial charge >= 0.3 is 0 Å². The van der Waals surface area contributed by atoms with Crippen molar-refractivity contribution in [2.24, 2.45) is 0 Å². The Balaban J connectivity index is 2.11. The smallest absolute Gasteiger partial charge is 0.133 e. The molecular weight excluding hydrogens is 300 g/mol. The van der Waals surface area contributed by atoms with Crippen molar-refractivity contribution in [3.05, 3.63) is 45.8 Å². The van der Waals surface area contributed by atoms with Gasteiger partial charge in [-0.15, -0.1) is 0 Å². The Morgan fingerprint density at radius 2 is 1.94 bits per heavy atom. The molecule has 0 radical (unpaired) electrons. The molecular formula is C13H10BrClN2. The number of nitrogens with zero attached hydrogens (tertiary/aromatic N) is 2.